The van der Waals surface area contributed by atoms with Crippen molar-refractivity contribution in [3.8, 4) is 0 Å². The van der Waals surface area contributed by atoms with Crippen LogP contribution >= 0.6 is 11.3 Å². The van der Waals surface area contributed by atoms with Crippen LogP contribution in [0.5, 0.6) is 0 Å². The predicted molar refractivity (Wildman–Crippen MR) is 101 cm³/mol. The van der Waals surface area contributed by atoms with Crippen LogP contribution in [0.15, 0.2) is 46.0 Å². The van der Waals surface area contributed by atoms with Crippen molar-refractivity contribution in [3.63, 3.8) is 0 Å². The minimum atomic E-state index is -3.59. The lowest BCUT2D eigenvalue weighted by Crippen LogP contribution is -2.45. The van der Waals surface area contributed by atoms with Gasteiger partial charge in [0.1, 0.15) is 10.3 Å². The fourth-order valence-corrected chi connectivity index (χ4v) is 6.22. The SMILES string of the molecule is O=C(NCc1ccc(C2CC2)cc1)C1CCCN1S(=O)(=O)c1cccs1. The van der Waals surface area contributed by atoms with Gasteiger partial charge in [0.25, 0.3) is 10.0 Å². The largest absolute Gasteiger partial charge is 0.351 e. The van der Waals surface area contributed by atoms with E-state index in [1.165, 1.54) is 34.0 Å². The van der Waals surface area contributed by atoms with Crippen molar-refractivity contribution in [3.05, 3.63) is 52.9 Å². The maximum atomic E-state index is 12.7. The molecular formula is C19H22N2O3S2. The molecule has 0 bridgehead atoms. The molecule has 1 saturated heterocycles. The van der Waals surface area contributed by atoms with E-state index in [4.69, 9.17) is 0 Å². The molecule has 1 unspecified atom stereocenters. The number of hydrogen-bond donors (Lipinski definition) is 1. The Morgan fingerprint density at radius 3 is 2.58 bits per heavy atom. The quantitative estimate of drug-likeness (QED) is 0.824. The number of hydrogen-bond acceptors (Lipinski definition) is 4. The number of benzene rings is 1. The molecule has 1 aromatic heterocycles. The summed E-state index contributed by atoms with van der Waals surface area (Å²) in [5.74, 6) is 0.502. The monoisotopic (exact) mass is 390 g/mol. The highest BCUT2D eigenvalue weighted by Crippen LogP contribution is 2.39. The Bertz CT molecular complexity index is 872. The molecule has 26 heavy (non-hydrogen) atoms. The molecule has 1 aliphatic heterocycles. The molecule has 1 aromatic carbocycles. The smallest absolute Gasteiger partial charge is 0.253 e. The van der Waals surface area contributed by atoms with Gasteiger partial charge in [-0.2, -0.15) is 4.31 Å². The molecule has 0 radical (unpaired) electrons. The van der Waals surface area contributed by atoms with E-state index in [1.807, 2.05) is 12.1 Å². The molecule has 2 aliphatic rings. The molecule has 1 N–H and O–H groups in total. The van der Waals surface area contributed by atoms with E-state index in [0.29, 0.717) is 36.1 Å². The van der Waals surface area contributed by atoms with Crippen LogP contribution in [0.3, 0.4) is 0 Å². The first-order valence-electron chi connectivity index (χ1n) is 8.97. The van der Waals surface area contributed by atoms with Crippen molar-refractivity contribution in [2.24, 2.45) is 0 Å². The number of carbonyl (C=O) groups is 1. The van der Waals surface area contributed by atoms with Crippen LogP contribution in [0, 0.1) is 0 Å². The lowest BCUT2D eigenvalue weighted by molar-refractivity contribution is -0.124. The van der Waals surface area contributed by atoms with Gasteiger partial charge in [-0.3, -0.25) is 4.79 Å². The molecule has 2 fully saturated rings. The van der Waals surface area contributed by atoms with E-state index in [-0.39, 0.29) is 5.91 Å². The molecule has 1 atom stereocenters. The standard InChI is InChI=1S/C19H22N2O3S2/c22-19(20-13-14-5-7-15(8-6-14)16-9-10-16)17-3-1-11-21(17)26(23,24)18-4-2-12-25-18/h2,4-8,12,16-17H,1,3,9-11,13H2,(H,20,22). The lowest BCUT2D eigenvalue weighted by Gasteiger charge is -2.22. The van der Waals surface area contributed by atoms with Gasteiger partial charge in [0.15, 0.2) is 0 Å². The van der Waals surface area contributed by atoms with Crippen LogP contribution in [0.1, 0.15) is 42.7 Å². The van der Waals surface area contributed by atoms with Crippen LogP contribution in [-0.2, 0) is 21.4 Å². The summed E-state index contributed by atoms with van der Waals surface area (Å²) in [7, 11) is -3.59. The van der Waals surface area contributed by atoms with Gasteiger partial charge in [-0.05, 0) is 54.2 Å². The molecule has 7 heteroatoms. The van der Waals surface area contributed by atoms with Crippen LogP contribution in [0.25, 0.3) is 0 Å². The lowest BCUT2D eigenvalue weighted by atomic mass is 10.1. The van der Waals surface area contributed by atoms with Crippen molar-refractivity contribution < 1.29 is 13.2 Å². The average Bonchev–Trinajstić information content (AvgIpc) is 3.14. The van der Waals surface area contributed by atoms with E-state index < -0.39 is 16.1 Å². The Labute approximate surface area is 158 Å². The Morgan fingerprint density at radius 1 is 1.15 bits per heavy atom. The van der Waals surface area contributed by atoms with Crippen molar-refractivity contribution in [1.82, 2.24) is 9.62 Å². The van der Waals surface area contributed by atoms with Crippen LogP contribution in [-0.4, -0.2) is 31.2 Å². The maximum absolute atomic E-state index is 12.7. The van der Waals surface area contributed by atoms with Crippen molar-refractivity contribution >= 4 is 27.3 Å². The first-order chi connectivity index (χ1) is 12.6. The van der Waals surface area contributed by atoms with Gasteiger partial charge in [-0.15, -0.1) is 11.3 Å². The minimum absolute atomic E-state index is 0.214. The number of carbonyl (C=O) groups excluding carboxylic acids is 1. The topological polar surface area (TPSA) is 66.5 Å². The second kappa shape index (κ2) is 7.13. The molecule has 0 spiro atoms. The van der Waals surface area contributed by atoms with Crippen molar-refractivity contribution in [2.75, 3.05) is 6.54 Å². The van der Waals surface area contributed by atoms with Crippen molar-refractivity contribution in [2.45, 2.75) is 48.4 Å². The van der Waals surface area contributed by atoms with Gasteiger partial charge in [-0.1, -0.05) is 30.3 Å². The molecule has 2 heterocycles. The minimum Gasteiger partial charge on any atom is -0.351 e. The number of sulfonamides is 1. The highest BCUT2D eigenvalue weighted by molar-refractivity contribution is 7.91. The average molecular weight is 391 g/mol. The zero-order chi connectivity index (χ0) is 18.1. The zero-order valence-corrected chi connectivity index (χ0v) is 16.1. The Balaban J connectivity index is 1.40. The van der Waals surface area contributed by atoms with E-state index in [9.17, 15) is 13.2 Å². The van der Waals surface area contributed by atoms with Gasteiger partial charge < -0.3 is 5.32 Å². The highest BCUT2D eigenvalue weighted by Gasteiger charge is 2.39. The summed E-state index contributed by atoms with van der Waals surface area (Å²) in [6.45, 7) is 0.821. The molecule has 138 valence electrons. The summed E-state index contributed by atoms with van der Waals surface area (Å²) >= 11 is 1.19. The van der Waals surface area contributed by atoms with E-state index in [0.717, 1.165) is 5.56 Å². The predicted octanol–water partition coefficient (Wildman–Crippen LogP) is 3.10. The normalized spacial score (nSPS) is 21.0. The van der Waals surface area contributed by atoms with Crippen LogP contribution in [0.2, 0.25) is 0 Å². The third kappa shape index (κ3) is 3.56. The first kappa shape index (κ1) is 17.7. The molecule has 4 rings (SSSR count). The number of rotatable bonds is 6. The van der Waals surface area contributed by atoms with E-state index >= 15 is 0 Å². The van der Waals surface area contributed by atoms with Crippen LogP contribution in [0.4, 0.5) is 0 Å². The number of nitrogens with one attached hydrogen (secondary N) is 1. The fourth-order valence-electron chi connectivity index (χ4n) is 3.45. The Morgan fingerprint density at radius 2 is 1.92 bits per heavy atom. The Hall–Kier alpha value is -1.70. The number of amides is 1. The van der Waals surface area contributed by atoms with Gasteiger partial charge in [0, 0.05) is 13.1 Å². The summed E-state index contributed by atoms with van der Waals surface area (Å²) in [6, 6.07) is 11.0. The number of nitrogens with zero attached hydrogens (tertiary/aromatic N) is 1. The Kier molecular flexibility index (Phi) is 4.86. The summed E-state index contributed by atoms with van der Waals surface area (Å²) < 4.78 is 27.1. The van der Waals surface area contributed by atoms with Gasteiger partial charge in [-0.25, -0.2) is 8.42 Å². The fraction of sp³-hybridized carbons (Fsp3) is 0.421. The van der Waals surface area contributed by atoms with Crippen molar-refractivity contribution in [1.29, 1.82) is 0 Å². The summed E-state index contributed by atoms with van der Waals surface area (Å²) in [6.07, 6.45) is 3.81. The zero-order valence-electron chi connectivity index (χ0n) is 14.4. The van der Waals surface area contributed by atoms with Gasteiger partial charge >= 0.3 is 0 Å². The molecule has 2 aromatic rings. The molecule has 5 nitrogen and oxygen atoms in total. The second-order valence-electron chi connectivity index (χ2n) is 6.94. The summed E-state index contributed by atoms with van der Waals surface area (Å²) in [5, 5.41) is 4.65. The maximum Gasteiger partial charge on any atom is 0.253 e. The number of thiophene rings is 1. The molecular weight excluding hydrogens is 368 g/mol. The summed E-state index contributed by atoms with van der Waals surface area (Å²) in [5.41, 5.74) is 2.40. The highest BCUT2D eigenvalue weighted by atomic mass is 32.2. The molecule has 1 amide bonds. The third-order valence-electron chi connectivity index (χ3n) is 5.06. The summed E-state index contributed by atoms with van der Waals surface area (Å²) in [4.78, 5) is 12.6. The third-order valence-corrected chi connectivity index (χ3v) is 8.34. The van der Waals surface area contributed by atoms with E-state index in [1.54, 1.807) is 17.5 Å². The van der Waals surface area contributed by atoms with E-state index in [2.05, 4.69) is 17.4 Å². The van der Waals surface area contributed by atoms with Gasteiger partial charge in [0.05, 0.1) is 0 Å². The first-order valence-corrected chi connectivity index (χ1v) is 11.3. The van der Waals surface area contributed by atoms with Gasteiger partial charge in [0.2, 0.25) is 5.91 Å². The van der Waals surface area contributed by atoms with Crippen LogP contribution < -0.4 is 5.32 Å². The second-order valence-corrected chi connectivity index (χ2v) is 10.0. The molecule has 1 saturated carbocycles. The molecule has 1 aliphatic carbocycles.